The van der Waals surface area contributed by atoms with E-state index in [0.717, 1.165) is 15.7 Å². The monoisotopic (exact) mass is 259 g/mol. The van der Waals surface area contributed by atoms with Crippen LogP contribution in [-0.4, -0.2) is 9.97 Å². The summed E-state index contributed by atoms with van der Waals surface area (Å²) in [6.07, 6.45) is 1.59. The summed E-state index contributed by atoms with van der Waals surface area (Å²) in [5, 5.41) is 8.71. The SMILES string of the molecule is N#Cc1ncc(Br)c(-c2ccccc2)n1. The molecule has 0 saturated heterocycles. The Balaban J connectivity index is 2.58. The van der Waals surface area contributed by atoms with Crippen LogP contribution in [0.5, 0.6) is 0 Å². The summed E-state index contributed by atoms with van der Waals surface area (Å²) in [6, 6.07) is 11.6. The molecule has 3 nitrogen and oxygen atoms in total. The molecule has 0 bridgehead atoms. The van der Waals surface area contributed by atoms with Crippen molar-refractivity contribution < 1.29 is 0 Å². The Bertz CT molecular complexity index is 517. The van der Waals surface area contributed by atoms with E-state index in [0.29, 0.717) is 0 Å². The van der Waals surface area contributed by atoms with Gasteiger partial charge in [0.25, 0.3) is 0 Å². The summed E-state index contributed by atoms with van der Waals surface area (Å²) in [7, 11) is 0. The summed E-state index contributed by atoms with van der Waals surface area (Å²) >= 11 is 3.36. The van der Waals surface area contributed by atoms with Gasteiger partial charge in [0.15, 0.2) is 0 Å². The highest BCUT2D eigenvalue weighted by Crippen LogP contribution is 2.24. The largest absolute Gasteiger partial charge is 0.232 e. The van der Waals surface area contributed by atoms with Gasteiger partial charge in [0, 0.05) is 11.8 Å². The van der Waals surface area contributed by atoms with Crippen molar-refractivity contribution in [3.05, 3.63) is 46.8 Å². The number of nitrogens with zero attached hydrogens (tertiary/aromatic N) is 3. The highest BCUT2D eigenvalue weighted by Gasteiger charge is 2.06. The van der Waals surface area contributed by atoms with Crippen molar-refractivity contribution in [2.24, 2.45) is 0 Å². The molecule has 0 unspecified atom stereocenters. The first-order valence-electron chi connectivity index (χ1n) is 4.29. The second-order valence-electron chi connectivity index (χ2n) is 2.87. The Morgan fingerprint density at radius 3 is 2.60 bits per heavy atom. The second kappa shape index (κ2) is 4.20. The molecule has 0 aliphatic rings. The Labute approximate surface area is 95.6 Å². The Hall–Kier alpha value is -1.73. The molecule has 72 valence electrons. The highest BCUT2D eigenvalue weighted by atomic mass is 79.9. The number of hydrogen-bond donors (Lipinski definition) is 0. The average molecular weight is 260 g/mol. The third kappa shape index (κ3) is 2.03. The molecule has 0 spiro atoms. The summed E-state index contributed by atoms with van der Waals surface area (Å²) in [5.74, 6) is 0.178. The van der Waals surface area contributed by atoms with E-state index in [1.54, 1.807) is 6.20 Å². The topological polar surface area (TPSA) is 49.6 Å². The molecule has 1 heterocycles. The fraction of sp³-hybridized carbons (Fsp3) is 0. The zero-order valence-corrected chi connectivity index (χ0v) is 9.27. The van der Waals surface area contributed by atoms with Crippen molar-refractivity contribution in [1.29, 1.82) is 5.26 Å². The maximum absolute atomic E-state index is 8.71. The molecule has 4 heteroatoms. The van der Waals surface area contributed by atoms with Crippen LogP contribution >= 0.6 is 15.9 Å². The summed E-state index contributed by atoms with van der Waals surface area (Å²) in [4.78, 5) is 8.01. The molecule has 15 heavy (non-hydrogen) atoms. The molecule has 0 aliphatic carbocycles. The molecule has 0 amide bonds. The van der Waals surface area contributed by atoms with Crippen LogP contribution in [0.1, 0.15) is 5.82 Å². The minimum absolute atomic E-state index is 0.178. The van der Waals surface area contributed by atoms with E-state index in [1.165, 1.54) is 0 Å². The molecule has 0 saturated carbocycles. The molecule has 1 aromatic carbocycles. The molecule has 0 aliphatic heterocycles. The smallest absolute Gasteiger partial charge is 0.226 e. The first-order valence-corrected chi connectivity index (χ1v) is 5.08. The van der Waals surface area contributed by atoms with Crippen molar-refractivity contribution in [3.8, 4) is 17.3 Å². The summed E-state index contributed by atoms with van der Waals surface area (Å²) in [5.41, 5.74) is 1.70. The van der Waals surface area contributed by atoms with E-state index < -0.39 is 0 Å². The standard InChI is InChI=1S/C11H6BrN3/c12-9-7-14-10(6-13)15-11(9)8-4-2-1-3-5-8/h1-5,7H. The van der Waals surface area contributed by atoms with E-state index in [1.807, 2.05) is 36.4 Å². The third-order valence-corrected chi connectivity index (χ3v) is 2.47. The number of halogens is 1. The van der Waals surface area contributed by atoms with E-state index in [-0.39, 0.29) is 5.82 Å². The number of hydrogen-bond acceptors (Lipinski definition) is 3. The van der Waals surface area contributed by atoms with Gasteiger partial charge in [0.05, 0.1) is 10.2 Å². The predicted molar refractivity (Wildman–Crippen MR) is 59.9 cm³/mol. The van der Waals surface area contributed by atoms with E-state index in [2.05, 4.69) is 25.9 Å². The van der Waals surface area contributed by atoms with Crippen molar-refractivity contribution >= 4 is 15.9 Å². The fourth-order valence-corrected chi connectivity index (χ4v) is 1.64. The van der Waals surface area contributed by atoms with Crippen molar-refractivity contribution in [2.45, 2.75) is 0 Å². The number of benzene rings is 1. The lowest BCUT2D eigenvalue weighted by Gasteiger charge is -2.02. The van der Waals surface area contributed by atoms with Crippen LogP contribution in [0.2, 0.25) is 0 Å². The zero-order chi connectivity index (χ0) is 10.7. The number of rotatable bonds is 1. The lowest BCUT2D eigenvalue weighted by molar-refractivity contribution is 1.11. The van der Waals surface area contributed by atoms with Crippen molar-refractivity contribution in [3.63, 3.8) is 0 Å². The van der Waals surface area contributed by atoms with Gasteiger partial charge in [-0.15, -0.1) is 0 Å². The molecule has 0 radical (unpaired) electrons. The average Bonchev–Trinajstić information content (AvgIpc) is 2.31. The quantitative estimate of drug-likeness (QED) is 0.792. The number of nitriles is 1. The second-order valence-corrected chi connectivity index (χ2v) is 3.72. The molecule has 2 aromatic rings. The van der Waals surface area contributed by atoms with Gasteiger partial charge >= 0.3 is 0 Å². The first kappa shape index (κ1) is 9.81. The fourth-order valence-electron chi connectivity index (χ4n) is 1.22. The normalized spacial score (nSPS) is 9.60. The van der Waals surface area contributed by atoms with E-state index >= 15 is 0 Å². The van der Waals surface area contributed by atoms with Crippen molar-refractivity contribution in [1.82, 2.24) is 9.97 Å². The van der Waals surface area contributed by atoms with Crippen LogP contribution in [0, 0.1) is 11.3 Å². The minimum Gasteiger partial charge on any atom is -0.226 e. The zero-order valence-electron chi connectivity index (χ0n) is 7.68. The molecule has 0 atom stereocenters. The molecular formula is C11H6BrN3. The summed E-state index contributed by atoms with van der Waals surface area (Å²) < 4.78 is 0.785. The lowest BCUT2D eigenvalue weighted by Crippen LogP contribution is -1.92. The minimum atomic E-state index is 0.178. The maximum atomic E-state index is 8.71. The highest BCUT2D eigenvalue weighted by molar-refractivity contribution is 9.10. The number of aromatic nitrogens is 2. The summed E-state index contributed by atoms with van der Waals surface area (Å²) in [6.45, 7) is 0. The van der Waals surface area contributed by atoms with Gasteiger partial charge in [-0.2, -0.15) is 5.26 Å². The molecule has 0 fully saturated rings. The van der Waals surface area contributed by atoms with Crippen LogP contribution in [0.3, 0.4) is 0 Å². The van der Waals surface area contributed by atoms with Crippen LogP contribution in [-0.2, 0) is 0 Å². The van der Waals surface area contributed by atoms with Crippen LogP contribution in [0.15, 0.2) is 41.0 Å². The van der Waals surface area contributed by atoms with Gasteiger partial charge in [-0.3, -0.25) is 0 Å². The molecule has 1 aromatic heterocycles. The van der Waals surface area contributed by atoms with Gasteiger partial charge in [-0.1, -0.05) is 30.3 Å². The third-order valence-electron chi connectivity index (χ3n) is 1.89. The Morgan fingerprint density at radius 2 is 1.93 bits per heavy atom. The van der Waals surface area contributed by atoms with Crippen molar-refractivity contribution in [2.75, 3.05) is 0 Å². The molecule has 2 rings (SSSR count). The van der Waals surface area contributed by atoms with Gasteiger partial charge < -0.3 is 0 Å². The van der Waals surface area contributed by atoms with Gasteiger partial charge in [-0.05, 0) is 15.9 Å². The first-order chi connectivity index (χ1) is 7.31. The predicted octanol–water partition coefficient (Wildman–Crippen LogP) is 2.78. The van der Waals surface area contributed by atoms with Gasteiger partial charge in [-0.25, -0.2) is 9.97 Å². The van der Waals surface area contributed by atoms with E-state index in [9.17, 15) is 0 Å². The van der Waals surface area contributed by atoms with Crippen LogP contribution in [0.4, 0.5) is 0 Å². The van der Waals surface area contributed by atoms with Gasteiger partial charge in [0.2, 0.25) is 5.82 Å². The van der Waals surface area contributed by atoms with Crippen LogP contribution < -0.4 is 0 Å². The van der Waals surface area contributed by atoms with E-state index in [4.69, 9.17) is 5.26 Å². The Morgan fingerprint density at radius 1 is 1.20 bits per heavy atom. The molecule has 0 N–H and O–H groups in total. The molecular weight excluding hydrogens is 254 g/mol. The maximum Gasteiger partial charge on any atom is 0.232 e. The van der Waals surface area contributed by atoms with Crippen LogP contribution in [0.25, 0.3) is 11.3 Å². The Kier molecular flexibility index (Phi) is 2.75. The van der Waals surface area contributed by atoms with Gasteiger partial charge in [0.1, 0.15) is 6.07 Å². The lowest BCUT2D eigenvalue weighted by atomic mass is 10.1.